The van der Waals surface area contributed by atoms with Crippen molar-refractivity contribution in [3.05, 3.63) is 29.3 Å². The lowest BCUT2D eigenvalue weighted by atomic mass is 10.1. The molecule has 0 heterocycles. The van der Waals surface area contributed by atoms with Crippen LogP contribution in [0.5, 0.6) is 5.75 Å². The minimum absolute atomic E-state index is 0.278. The Morgan fingerprint density at radius 3 is 3.12 bits per heavy atom. The van der Waals surface area contributed by atoms with Crippen LogP contribution in [0, 0.1) is 6.92 Å². The summed E-state index contributed by atoms with van der Waals surface area (Å²) in [5, 5.41) is 9.78. The van der Waals surface area contributed by atoms with Gasteiger partial charge in [-0.3, -0.25) is 4.99 Å². The molecule has 16 heavy (non-hydrogen) atoms. The van der Waals surface area contributed by atoms with Crippen molar-refractivity contribution in [2.45, 2.75) is 32.4 Å². The van der Waals surface area contributed by atoms with Crippen molar-refractivity contribution in [1.82, 2.24) is 0 Å². The summed E-state index contributed by atoms with van der Waals surface area (Å²) in [7, 11) is 0. The molecule has 3 heteroatoms. The third-order valence-electron chi connectivity index (χ3n) is 2.75. The molecular formula is C13H17NO2. The van der Waals surface area contributed by atoms with E-state index in [0.29, 0.717) is 5.75 Å². The first kappa shape index (κ1) is 11.1. The van der Waals surface area contributed by atoms with Gasteiger partial charge in [-0.1, -0.05) is 12.1 Å². The van der Waals surface area contributed by atoms with E-state index < -0.39 is 0 Å². The Morgan fingerprint density at radius 2 is 2.38 bits per heavy atom. The van der Waals surface area contributed by atoms with E-state index in [9.17, 15) is 5.11 Å². The molecule has 1 aromatic carbocycles. The quantitative estimate of drug-likeness (QED) is 0.789. The van der Waals surface area contributed by atoms with E-state index in [1.807, 2.05) is 32.0 Å². The van der Waals surface area contributed by atoms with E-state index in [4.69, 9.17) is 4.74 Å². The molecule has 1 saturated carbocycles. The highest BCUT2D eigenvalue weighted by Crippen LogP contribution is 2.29. The summed E-state index contributed by atoms with van der Waals surface area (Å²) in [4.78, 5) is 4.40. The number of phenols is 1. The van der Waals surface area contributed by atoms with Gasteiger partial charge in [-0.2, -0.15) is 0 Å². The summed E-state index contributed by atoms with van der Waals surface area (Å²) >= 11 is 0. The van der Waals surface area contributed by atoms with Crippen LogP contribution in [0.3, 0.4) is 0 Å². The minimum Gasteiger partial charge on any atom is -0.507 e. The van der Waals surface area contributed by atoms with Gasteiger partial charge in [-0.15, -0.1) is 0 Å². The van der Waals surface area contributed by atoms with Crippen LogP contribution in [-0.4, -0.2) is 30.1 Å². The number of para-hydroxylation sites is 1. The predicted molar refractivity (Wildman–Crippen MR) is 64.3 cm³/mol. The monoisotopic (exact) mass is 219 g/mol. The smallest absolute Gasteiger partial charge is 0.127 e. The van der Waals surface area contributed by atoms with Crippen molar-refractivity contribution < 1.29 is 9.84 Å². The summed E-state index contributed by atoms with van der Waals surface area (Å²) in [6.07, 6.45) is 3.02. The molecule has 1 aliphatic rings. The fraction of sp³-hybridized carbons (Fsp3) is 0.462. The van der Waals surface area contributed by atoms with Gasteiger partial charge in [0.25, 0.3) is 0 Å². The molecule has 1 N–H and O–H groups in total. The first-order valence-corrected chi connectivity index (χ1v) is 5.65. The van der Waals surface area contributed by atoms with Crippen molar-refractivity contribution in [2.24, 2.45) is 4.99 Å². The Balaban J connectivity index is 2.00. The van der Waals surface area contributed by atoms with Gasteiger partial charge in [0.15, 0.2) is 0 Å². The van der Waals surface area contributed by atoms with Gasteiger partial charge in [0.05, 0.1) is 12.1 Å². The first-order valence-electron chi connectivity index (χ1n) is 5.65. The van der Waals surface area contributed by atoms with E-state index in [2.05, 4.69) is 4.99 Å². The lowest BCUT2D eigenvalue weighted by Crippen LogP contribution is -1.97. The molecule has 0 radical (unpaired) electrons. The molecular weight excluding hydrogens is 202 g/mol. The molecule has 1 aromatic rings. The van der Waals surface area contributed by atoms with E-state index in [-0.39, 0.29) is 12.1 Å². The summed E-state index contributed by atoms with van der Waals surface area (Å²) in [5.41, 5.74) is 1.66. The number of benzene rings is 1. The molecule has 1 fully saturated rings. The van der Waals surface area contributed by atoms with Crippen LogP contribution < -0.4 is 0 Å². The molecule has 0 saturated heterocycles. The highest BCUT2D eigenvalue weighted by Gasteiger charge is 2.37. The summed E-state index contributed by atoms with van der Waals surface area (Å²) in [5.74, 6) is 0.319. The van der Waals surface area contributed by atoms with Gasteiger partial charge < -0.3 is 9.84 Å². The number of phenolic OH excluding ortho intramolecular Hbond substituents is 1. The number of rotatable bonds is 4. The van der Waals surface area contributed by atoms with Crippen LogP contribution >= 0.6 is 0 Å². The molecule has 0 aromatic heterocycles. The van der Waals surface area contributed by atoms with Gasteiger partial charge in [0, 0.05) is 24.8 Å². The molecule has 0 amide bonds. The molecule has 1 aliphatic carbocycles. The number of aromatic hydroxyl groups is 1. The number of hydrogen-bond acceptors (Lipinski definition) is 3. The third-order valence-corrected chi connectivity index (χ3v) is 2.75. The van der Waals surface area contributed by atoms with Gasteiger partial charge >= 0.3 is 0 Å². The maximum atomic E-state index is 9.78. The largest absolute Gasteiger partial charge is 0.507 e. The standard InChI is InChI=1S/C13H17NO2/c1-3-16-12-7-11(12)14-8-10-6-4-5-9(2)13(10)15/h4-6,8,11-12,15H,3,7H2,1-2H3. The Hall–Kier alpha value is -1.35. The van der Waals surface area contributed by atoms with Gasteiger partial charge in [-0.25, -0.2) is 0 Å². The predicted octanol–water partition coefficient (Wildman–Crippen LogP) is 2.30. The molecule has 0 spiro atoms. The average molecular weight is 219 g/mol. The molecule has 3 nitrogen and oxygen atoms in total. The van der Waals surface area contributed by atoms with Gasteiger partial charge in [-0.05, 0) is 25.5 Å². The molecule has 2 atom stereocenters. The van der Waals surface area contributed by atoms with Gasteiger partial charge in [0.2, 0.25) is 0 Å². The molecule has 0 aliphatic heterocycles. The summed E-state index contributed by atoms with van der Waals surface area (Å²) in [6.45, 7) is 4.62. The van der Waals surface area contributed by atoms with Crippen molar-refractivity contribution in [3.63, 3.8) is 0 Å². The van der Waals surface area contributed by atoms with Crippen molar-refractivity contribution in [1.29, 1.82) is 0 Å². The second-order valence-corrected chi connectivity index (χ2v) is 4.09. The topological polar surface area (TPSA) is 41.8 Å². The number of ether oxygens (including phenoxy) is 1. The summed E-state index contributed by atoms with van der Waals surface area (Å²) < 4.78 is 5.43. The zero-order valence-corrected chi connectivity index (χ0v) is 9.68. The van der Waals surface area contributed by atoms with Crippen LogP contribution in [0.1, 0.15) is 24.5 Å². The average Bonchev–Trinajstić information content (AvgIpc) is 3.00. The van der Waals surface area contributed by atoms with Crippen molar-refractivity contribution in [2.75, 3.05) is 6.61 Å². The Kier molecular flexibility index (Phi) is 3.25. The number of nitrogens with zero attached hydrogens (tertiary/aromatic N) is 1. The first-order chi connectivity index (χ1) is 7.72. The Morgan fingerprint density at radius 1 is 1.56 bits per heavy atom. The van der Waals surface area contributed by atoms with E-state index in [0.717, 1.165) is 24.2 Å². The van der Waals surface area contributed by atoms with Crippen LogP contribution in [0.2, 0.25) is 0 Å². The van der Waals surface area contributed by atoms with E-state index >= 15 is 0 Å². The molecule has 2 rings (SSSR count). The fourth-order valence-electron chi connectivity index (χ4n) is 1.67. The fourth-order valence-corrected chi connectivity index (χ4v) is 1.67. The highest BCUT2D eigenvalue weighted by molar-refractivity contribution is 5.84. The Bertz CT molecular complexity index is 401. The third kappa shape index (κ3) is 2.42. The van der Waals surface area contributed by atoms with Crippen LogP contribution in [0.15, 0.2) is 23.2 Å². The normalized spacial score (nSPS) is 23.9. The SMILES string of the molecule is CCOC1CC1N=Cc1cccc(C)c1O. The molecule has 2 unspecified atom stereocenters. The van der Waals surface area contributed by atoms with Crippen LogP contribution in [0.4, 0.5) is 0 Å². The summed E-state index contributed by atoms with van der Waals surface area (Å²) in [6, 6.07) is 5.94. The lowest BCUT2D eigenvalue weighted by Gasteiger charge is -2.01. The maximum Gasteiger partial charge on any atom is 0.127 e. The Labute approximate surface area is 95.8 Å². The number of aliphatic imine (C=N–C) groups is 1. The lowest BCUT2D eigenvalue weighted by molar-refractivity contribution is 0.129. The van der Waals surface area contributed by atoms with Crippen LogP contribution in [-0.2, 0) is 4.74 Å². The second kappa shape index (κ2) is 4.66. The number of hydrogen-bond donors (Lipinski definition) is 1. The van der Waals surface area contributed by atoms with Gasteiger partial charge in [0.1, 0.15) is 5.75 Å². The maximum absolute atomic E-state index is 9.78. The second-order valence-electron chi connectivity index (χ2n) is 4.09. The molecule has 0 bridgehead atoms. The number of aryl methyl sites for hydroxylation is 1. The van der Waals surface area contributed by atoms with E-state index in [1.165, 1.54) is 0 Å². The van der Waals surface area contributed by atoms with Crippen LogP contribution in [0.25, 0.3) is 0 Å². The molecule has 86 valence electrons. The minimum atomic E-state index is 0.278. The van der Waals surface area contributed by atoms with Crippen molar-refractivity contribution >= 4 is 6.21 Å². The zero-order chi connectivity index (χ0) is 11.5. The van der Waals surface area contributed by atoms with E-state index in [1.54, 1.807) is 6.21 Å². The highest BCUT2D eigenvalue weighted by atomic mass is 16.5. The van der Waals surface area contributed by atoms with Crippen molar-refractivity contribution in [3.8, 4) is 5.75 Å². The zero-order valence-electron chi connectivity index (χ0n) is 9.68.